The third-order valence-corrected chi connectivity index (χ3v) is 5.12. The van der Waals surface area contributed by atoms with E-state index in [9.17, 15) is 19.5 Å². The highest BCUT2D eigenvalue weighted by atomic mass is 35.5. The molecule has 0 fully saturated rings. The molecule has 8 nitrogen and oxygen atoms in total. The number of aryl methyl sites for hydroxylation is 1. The maximum atomic E-state index is 12.5. The summed E-state index contributed by atoms with van der Waals surface area (Å²) < 4.78 is 0. The summed E-state index contributed by atoms with van der Waals surface area (Å²) in [6.07, 6.45) is 0.515. The molecule has 0 bridgehead atoms. The number of amides is 3. The molecule has 5 N–H and O–H groups in total. The Balaban J connectivity index is 2.06. The topological polar surface area (TPSA) is 134 Å². The highest BCUT2D eigenvalue weighted by molar-refractivity contribution is 7.17. The quantitative estimate of drug-likeness (QED) is 0.495. The van der Waals surface area contributed by atoms with Crippen molar-refractivity contribution in [2.24, 2.45) is 5.73 Å². The molecule has 2 rings (SSSR count). The summed E-state index contributed by atoms with van der Waals surface area (Å²) in [4.78, 5) is 39.3. The first-order chi connectivity index (χ1) is 12.8. The third kappa shape index (κ3) is 5.93. The van der Waals surface area contributed by atoms with Gasteiger partial charge in [0, 0.05) is 17.1 Å². The van der Waals surface area contributed by atoms with Crippen LogP contribution >= 0.6 is 22.9 Å². The molecule has 3 amide bonds. The second kappa shape index (κ2) is 9.33. The number of aromatic nitrogens is 1. The van der Waals surface area contributed by atoms with Crippen LogP contribution in [0.4, 0.5) is 4.79 Å². The van der Waals surface area contributed by atoms with Crippen LogP contribution in [0.5, 0.6) is 0 Å². The van der Waals surface area contributed by atoms with Crippen molar-refractivity contribution in [1.29, 1.82) is 0 Å². The number of carbonyl (C=O) groups excluding carboxylic acids is 2. The number of carboxylic acids is 1. The monoisotopic (exact) mass is 410 g/mol. The fourth-order valence-electron chi connectivity index (χ4n) is 2.32. The molecule has 1 heterocycles. The summed E-state index contributed by atoms with van der Waals surface area (Å²) >= 11 is 7.06. The molecule has 10 heteroatoms. The van der Waals surface area contributed by atoms with E-state index in [0.717, 1.165) is 5.56 Å². The number of benzene rings is 1. The Morgan fingerprint density at radius 2 is 1.96 bits per heavy atom. The molecule has 1 aromatic heterocycles. The molecule has 0 aliphatic rings. The fraction of sp³-hybridized carbons (Fsp3) is 0.294. The van der Waals surface area contributed by atoms with E-state index in [-0.39, 0.29) is 13.0 Å². The highest BCUT2D eigenvalue weighted by Gasteiger charge is 2.23. The largest absolute Gasteiger partial charge is 0.480 e. The van der Waals surface area contributed by atoms with E-state index in [1.165, 1.54) is 11.3 Å². The van der Waals surface area contributed by atoms with E-state index in [2.05, 4.69) is 15.6 Å². The number of hydrogen-bond donors (Lipinski definition) is 4. The van der Waals surface area contributed by atoms with E-state index in [1.807, 2.05) is 0 Å². The summed E-state index contributed by atoms with van der Waals surface area (Å²) in [6, 6.07) is 5.30. The summed E-state index contributed by atoms with van der Waals surface area (Å²) in [7, 11) is 0. The summed E-state index contributed by atoms with van der Waals surface area (Å²) in [5.41, 5.74) is 6.29. The minimum Gasteiger partial charge on any atom is -0.480 e. The molecule has 0 saturated carbocycles. The minimum atomic E-state index is -1.15. The van der Waals surface area contributed by atoms with Gasteiger partial charge in [-0.25, -0.2) is 14.6 Å². The Labute approximate surface area is 164 Å². The van der Waals surface area contributed by atoms with Gasteiger partial charge >= 0.3 is 12.0 Å². The summed E-state index contributed by atoms with van der Waals surface area (Å²) in [5.74, 6) is -1.65. The van der Waals surface area contributed by atoms with Crippen molar-refractivity contribution in [3.8, 4) is 10.6 Å². The first-order valence-corrected chi connectivity index (χ1v) is 9.27. The van der Waals surface area contributed by atoms with Crippen LogP contribution in [-0.2, 0) is 4.79 Å². The van der Waals surface area contributed by atoms with Crippen LogP contribution in [-0.4, -0.2) is 40.6 Å². The molecule has 0 spiro atoms. The minimum absolute atomic E-state index is 0.156. The number of carboxylic acid groups (broad SMARTS) is 1. The number of nitrogens with one attached hydrogen (secondary N) is 2. The van der Waals surface area contributed by atoms with Crippen LogP contribution in [0, 0.1) is 6.92 Å². The maximum Gasteiger partial charge on any atom is 0.326 e. The highest BCUT2D eigenvalue weighted by Crippen LogP contribution is 2.28. The van der Waals surface area contributed by atoms with Crippen molar-refractivity contribution < 1.29 is 19.5 Å². The fourth-order valence-corrected chi connectivity index (χ4v) is 3.42. The smallest absolute Gasteiger partial charge is 0.326 e. The predicted molar refractivity (Wildman–Crippen MR) is 103 cm³/mol. The van der Waals surface area contributed by atoms with Gasteiger partial charge in [0.2, 0.25) is 0 Å². The number of nitrogens with zero attached hydrogens (tertiary/aromatic N) is 1. The zero-order valence-electron chi connectivity index (χ0n) is 14.5. The van der Waals surface area contributed by atoms with Gasteiger partial charge in [-0.3, -0.25) is 4.79 Å². The number of rotatable bonds is 8. The number of nitrogens with two attached hydrogens (primary N) is 1. The standard InChI is InChI=1S/C17H19ClN4O4S/c1-9-13(27-15(21-9)10-4-6-11(18)7-5-10)14(23)22-12(16(24)25)3-2-8-20-17(19)26/h4-7,12H,2-3,8H2,1H3,(H,22,23)(H,24,25)(H3,19,20,26). The van der Waals surface area contributed by atoms with E-state index in [0.29, 0.717) is 27.0 Å². The average Bonchev–Trinajstić information content (AvgIpc) is 2.99. The van der Waals surface area contributed by atoms with Crippen molar-refractivity contribution in [2.45, 2.75) is 25.8 Å². The summed E-state index contributed by atoms with van der Waals surface area (Å²) in [5, 5.41) is 15.4. The van der Waals surface area contributed by atoms with Crippen LogP contribution in [0.25, 0.3) is 10.6 Å². The van der Waals surface area contributed by atoms with Crippen molar-refractivity contribution >= 4 is 40.8 Å². The molecule has 0 radical (unpaired) electrons. The molecule has 1 unspecified atom stereocenters. The van der Waals surface area contributed by atoms with Crippen LogP contribution in [0.2, 0.25) is 5.02 Å². The van der Waals surface area contributed by atoms with E-state index >= 15 is 0 Å². The van der Waals surface area contributed by atoms with E-state index in [1.54, 1.807) is 31.2 Å². The third-order valence-electron chi connectivity index (χ3n) is 3.67. The Hall–Kier alpha value is -2.65. The molecule has 144 valence electrons. The van der Waals surface area contributed by atoms with Gasteiger partial charge in [0.05, 0.1) is 5.69 Å². The van der Waals surface area contributed by atoms with Gasteiger partial charge in [-0.2, -0.15) is 0 Å². The zero-order valence-corrected chi connectivity index (χ0v) is 16.1. The van der Waals surface area contributed by atoms with E-state index < -0.39 is 23.9 Å². The molecular formula is C17H19ClN4O4S. The SMILES string of the molecule is Cc1nc(-c2ccc(Cl)cc2)sc1C(=O)NC(CCCNC(N)=O)C(=O)O. The number of halogens is 1. The van der Waals surface area contributed by atoms with Gasteiger partial charge in [-0.1, -0.05) is 23.7 Å². The van der Waals surface area contributed by atoms with Crippen LogP contribution in [0.15, 0.2) is 24.3 Å². The first kappa shape index (κ1) is 20.7. The van der Waals surface area contributed by atoms with Crippen molar-refractivity contribution in [2.75, 3.05) is 6.54 Å². The molecule has 27 heavy (non-hydrogen) atoms. The first-order valence-electron chi connectivity index (χ1n) is 8.08. The molecule has 0 aliphatic carbocycles. The van der Waals surface area contributed by atoms with Gasteiger partial charge in [0.1, 0.15) is 15.9 Å². The predicted octanol–water partition coefficient (Wildman–Crippen LogP) is 2.40. The maximum absolute atomic E-state index is 12.5. The summed E-state index contributed by atoms with van der Waals surface area (Å²) in [6.45, 7) is 1.92. The number of primary amides is 1. The second-order valence-corrected chi connectivity index (χ2v) is 7.17. The van der Waals surface area contributed by atoms with Crippen LogP contribution < -0.4 is 16.4 Å². The molecular weight excluding hydrogens is 392 g/mol. The lowest BCUT2D eigenvalue weighted by Gasteiger charge is -2.14. The van der Waals surface area contributed by atoms with Crippen LogP contribution in [0.3, 0.4) is 0 Å². The Morgan fingerprint density at radius 1 is 1.30 bits per heavy atom. The Morgan fingerprint density at radius 3 is 2.56 bits per heavy atom. The normalized spacial score (nSPS) is 11.6. The molecule has 2 aromatic rings. The van der Waals surface area contributed by atoms with Gasteiger partial charge < -0.3 is 21.5 Å². The number of hydrogen-bond acceptors (Lipinski definition) is 5. The van der Waals surface area contributed by atoms with Gasteiger partial charge in [0.25, 0.3) is 5.91 Å². The van der Waals surface area contributed by atoms with Crippen molar-refractivity contribution in [3.63, 3.8) is 0 Å². The molecule has 1 atom stereocenters. The zero-order chi connectivity index (χ0) is 20.0. The number of urea groups is 1. The number of aliphatic carboxylic acids is 1. The number of carbonyl (C=O) groups is 3. The number of thiazole rings is 1. The molecule has 0 aliphatic heterocycles. The van der Waals surface area contributed by atoms with Gasteiger partial charge in [-0.05, 0) is 31.9 Å². The average molecular weight is 411 g/mol. The lowest BCUT2D eigenvalue weighted by atomic mass is 10.1. The molecule has 1 aromatic carbocycles. The second-order valence-electron chi connectivity index (χ2n) is 5.74. The van der Waals surface area contributed by atoms with Gasteiger partial charge in [0.15, 0.2) is 0 Å². The Kier molecular flexibility index (Phi) is 7.14. The van der Waals surface area contributed by atoms with E-state index in [4.69, 9.17) is 17.3 Å². The van der Waals surface area contributed by atoms with Crippen molar-refractivity contribution in [3.05, 3.63) is 39.9 Å². The van der Waals surface area contributed by atoms with Gasteiger partial charge in [-0.15, -0.1) is 11.3 Å². The lowest BCUT2D eigenvalue weighted by molar-refractivity contribution is -0.139. The molecule has 0 saturated heterocycles. The lowest BCUT2D eigenvalue weighted by Crippen LogP contribution is -2.41. The van der Waals surface area contributed by atoms with Crippen LogP contribution in [0.1, 0.15) is 28.2 Å². The Bertz CT molecular complexity index is 838. The van der Waals surface area contributed by atoms with Crippen molar-refractivity contribution in [1.82, 2.24) is 15.6 Å².